The highest BCUT2D eigenvalue weighted by Gasteiger charge is 2.28. The van der Waals surface area contributed by atoms with E-state index in [1.165, 1.54) is 5.54 Å². The van der Waals surface area contributed by atoms with Crippen LogP contribution in [0.1, 0.15) is 26.7 Å². The first kappa shape index (κ1) is 12.3. The van der Waals surface area contributed by atoms with E-state index in [1.54, 1.807) is 0 Å². The van der Waals surface area contributed by atoms with Gasteiger partial charge in [0.25, 0.3) is 0 Å². The van der Waals surface area contributed by atoms with Crippen LogP contribution in [-0.2, 0) is 4.74 Å². The Kier molecular flexibility index (Phi) is 4.71. The lowest BCUT2D eigenvalue weighted by molar-refractivity contribution is -0.0624. The molecule has 1 fully saturated rings. The molecule has 0 aromatic heterocycles. The Balaban J connectivity index is 2.31. The summed E-state index contributed by atoms with van der Waals surface area (Å²) in [7, 11) is 0. The fourth-order valence-corrected chi connectivity index (χ4v) is 1.84. The summed E-state index contributed by atoms with van der Waals surface area (Å²) in [4.78, 5) is 0. The van der Waals surface area contributed by atoms with Crippen LogP contribution in [0.2, 0.25) is 0 Å². The van der Waals surface area contributed by atoms with Gasteiger partial charge in [0.1, 0.15) is 0 Å². The van der Waals surface area contributed by atoms with Gasteiger partial charge in [-0.1, -0.05) is 23.2 Å². The molecular weight excluding hydrogens is 221 g/mol. The average Bonchev–Trinajstić information content (AvgIpc) is 2.12. The van der Waals surface area contributed by atoms with Crippen LogP contribution in [0.25, 0.3) is 0 Å². The number of halogens is 2. The first-order valence-electron chi connectivity index (χ1n) is 4.85. The van der Waals surface area contributed by atoms with Crippen molar-refractivity contribution in [1.82, 2.24) is 5.32 Å². The van der Waals surface area contributed by atoms with Crippen LogP contribution in [0.4, 0.5) is 0 Å². The van der Waals surface area contributed by atoms with Gasteiger partial charge in [-0.2, -0.15) is 0 Å². The number of rotatable bonds is 3. The zero-order valence-electron chi connectivity index (χ0n) is 8.65. The van der Waals surface area contributed by atoms with Crippen LogP contribution in [0.3, 0.4) is 0 Å². The quantitative estimate of drug-likeness (QED) is 0.816. The van der Waals surface area contributed by atoms with Gasteiger partial charge in [-0.25, -0.2) is 0 Å². The summed E-state index contributed by atoms with van der Waals surface area (Å²) in [5.41, 5.74) is 1.38. The van der Waals surface area contributed by atoms with Crippen LogP contribution >= 0.6 is 23.2 Å². The maximum absolute atomic E-state index is 5.79. The Morgan fingerprint density at radius 3 is 2.93 bits per heavy atom. The summed E-state index contributed by atoms with van der Waals surface area (Å²) >= 11 is 11.3. The predicted octanol–water partition coefficient (Wildman–Crippen LogP) is 2.85. The molecule has 1 aliphatic rings. The van der Waals surface area contributed by atoms with E-state index in [9.17, 15) is 0 Å². The maximum Gasteiger partial charge on any atom is 0.0641 e. The Morgan fingerprint density at radius 1 is 1.64 bits per heavy atom. The minimum Gasteiger partial charge on any atom is -0.375 e. The molecule has 1 atom stereocenters. The largest absolute Gasteiger partial charge is 0.375 e. The maximum atomic E-state index is 5.79. The van der Waals surface area contributed by atoms with Crippen molar-refractivity contribution in [2.24, 2.45) is 0 Å². The molecule has 4 heteroatoms. The SMILES string of the molecule is CC1(C)CC(NCC(Cl)=CCl)CCO1. The first-order valence-corrected chi connectivity index (χ1v) is 5.67. The number of hydrogen-bond donors (Lipinski definition) is 1. The van der Waals surface area contributed by atoms with E-state index in [0.29, 0.717) is 17.6 Å². The van der Waals surface area contributed by atoms with Crippen LogP contribution in [0.5, 0.6) is 0 Å². The minimum absolute atomic E-state index is 0.0208. The van der Waals surface area contributed by atoms with Crippen molar-refractivity contribution in [3.05, 3.63) is 10.6 Å². The second-order valence-electron chi connectivity index (χ2n) is 4.23. The molecule has 82 valence electrons. The van der Waals surface area contributed by atoms with E-state index in [-0.39, 0.29) is 5.60 Å². The molecule has 0 aromatic carbocycles. The molecule has 1 rings (SSSR count). The van der Waals surface area contributed by atoms with Crippen molar-refractivity contribution >= 4 is 23.2 Å². The van der Waals surface area contributed by atoms with Crippen LogP contribution in [0.15, 0.2) is 10.6 Å². The van der Waals surface area contributed by atoms with Gasteiger partial charge in [0.2, 0.25) is 0 Å². The normalized spacial score (nSPS) is 27.7. The van der Waals surface area contributed by atoms with Gasteiger partial charge in [-0.3, -0.25) is 0 Å². The Hall–Kier alpha value is 0.240. The van der Waals surface area contributed by atoms with Crippen LogP contribution < -0.4 is 5.32 Å². The van der Waals surface area contributed by atoms with Crippen molar-refractivity contribution in [3.8, 4) is 0 Å². The fraction of sp³-hybridized carbons (Fsp3) is 0.800. The molecule has 0 spiro atoms. The lowest BCUT2D eigenvalue weighted by atomic mass is 9.94. The Morgan fingerprint density at radius 2 is 2.36 bits per heavy atom. The monoisotopic (exact) mass is 237 g/mol. The van der Waals surface area contributed by atoms with E-state index in [2.05, 4.69) is 19.2 Å². The third kappa shape index (κ3) is 4.18. The highest BCUT2D eigenvalue weighted by atomic mass is 35.5. The molecule has 0 aliphatic carbocycles. The van der Waals surface area contributed by atoms with E-state index < -0.39 is 0 Å². The lowest BCUT2D eigenvalue weighted by Gasteiger charge is -2.35. The molecule has 0 amide bonds. The standard InChI is InChI=1S/C10H17Cl2NO/c1-10(2)5-9(3-4-14-10)13-7-8(12)6-11/h6,9,13H,3-5,7H2,1-2H3. The number of ether oxygens (including phenoxy) is 1. The van der Waals surface area contributed by atoms with Gasteiger partial charge in [0, 0.05) is 29.8 Å². The van der Waals surface area contributed by atoms with Crippen molar-refractivity contribution in [1.29, 1.82) is 0 Å². The summed E-state index contributed by atoms with van der Waals surface area (Å²) in [5.74, 6) is 0. The molecule has 1 unspecified atom stereocenters. The smallest absolute Gasteiger partial charge is 0.0641 e. The minimum atomic E-state index is -0.0208. The van der Waals surface area contributed by atoms with Crippen LogP contribution in [-0.4, -0.2) is 24.8 Å². The highest BCUT2D eigenvalue weighted by molar-refractivity contribution is 6.36. The van der Waals surface area contributed by atoms with E-state index in [1.807, 2.05) is 0 Å². The molecule has 14 heavy (non-hydrogen) atoms. The van der Waals surface area contributed by atoms with Gasteiger partial charge in [-0.15, -0.1) is 0 Å². The molecule has 1 N–H and O–H groups in total. The average molecular weight is 238 g/mol. The molecule has 0 radical (unpaired) electrons. The lowest BCUT2D eigenvalue weighted by Crippen LogP contribution is -2.44. The van der Waals surface area contributed by atoms with E-state index in [0.717, 1.165) is 19.4 Å². The molecule has 1 aliphatic heterocycles. The number of nitrogens with one attached hydrogen (secondary N) is 1. The molecular formula is C10H17Cl2NO. The third-order valence-electron chi connectivity index (χ3n) is 2.38. The highest BCUT2D eigenvalue weighted by Crippen LogP contribution is 2.23. The zero-order valence-corrected chi connectivity index (χ0v) is 10.2. The van der Waals surface area contributed by atoms with Gasteiger partial charge in [-0.05, 0) is 26.7 Å². The third-order valence-corrected chi connectivity index (χ3v) is 2.99. The topological polar surface area (TPSA) is 21.3 Å². The zero-order chi connectivity index (χ0) is 10.6. The summed E-state index contributed by atoms with van der Waals surface area (Å²) < 4.78 is 5.62. The van der Waals surface area contributed by atoms with Crippen molar-refractivity contribution in [2.75, 3.05) is 13.2 Å². The fourth-order valence-electron chi connectivity index (χ4n) is 1.69. The van der Waals surface area contributed by atoms with Crippen LogP contribution in [0, 0.1) is 0 Å². The summed E-state index contributed by atoms with van der Waals surface area (Å²) in [6, 6.07) is 0.476. The Bertz CT molecular complexity index is 216. The second kappa shape index (κ2) is 5.36. The van der Waals surface area contributed by atoms with Crippen molar-refractivity contribution in [2.45, 2.75) is 38.3 Å². The van der Waals surface area contributed by atoms with Gasteiger partial charge in [0.05, 0.1) is 5.60 Å². The summed E-state index contributed by atoms with van der Waals surface area (Å²) in [6.45, 7) is 5.68. The van der Waals surface area contributed by atoms with Crippen molar-refractivity contribution < 1.29 is 4.74 Å². The van der Waals surface area contributed by atoms with Crippen molar-refractivity contribution in [3.63, 3.8) is 0 Å². The molecule has 2 nitrogen and oxygen atoms in total. The Labute approximate surface area is 95.6 Å². The molecule has 1 saturated heterocycles. The summed E-state index contributed by atoms with van der Waals surface area (Å²) in [5, 5.41) is 4.01. The van der Waals surface area contributed by atoms with Gasteiger partial charge >= 0.3 is 0 Å². The molecule has 0 aromatic rings. The van der Waals surface area contributed by atoms with E-state index in [4.69, 9.17) is 27.9 Å². The van der Waals surface area contributed by atoms with E-state index >= 15 is 0 Å². The predicted molar refractivity (Wildman–Crippen MR) is 60.8 cm³/mol. The molecule has 1 heterocycles. The second-order valence-corrected chi connectivity index (χ2v) is 4.94. The first-order chi connectivity index (χ1) is 6.53. The van der Waals surface area contributed by atoms with Gasteiger partial charge < -0.3 is 10.1 Å². The van der Waals surface area contributed by atoms with Gasteiger partial charge in [0.15, 0.2) is 0 Å². The molecule has 0 saturated carbocycles. The summed E-state index contributed by atoms with van der Waals surface area (Å²) in [6.07, 6.45) is 2.05. The number of hydrogen-bond acceptors (Lipinski definition) is 2. The molecule has 0 bridgehead atoms.